The van der Waals surface area contributed by atoms with Crippen molar-refractivity contribution in [3.63, 3.8) is 0 Å². The number of morpholine rings is 1. The summed E-state index contributed by atoms with van der Waals surface area (Å²) in [6.07, 6.45) is 0.783. The maximum absolute atomic E-state index is 12.1. The first-order chi connectivity index (χ1) is 10.1. The largest absolute Gasteiger partial charge is 0.364 e. The summed E-state index contributed by atoms with van der Waals surface area (Å²) in [5, 5.41) is 11.5. The second kappa shape index (κ2) is 7.21. The molecule has 0 bridgehead atoms. The van der Waals surface area contributed by atoms with Crippen LogP contribution in [0, 0.1) is 11.3 Å². The third kappa shape index (κ3) is 4.85. The van der Waals surface area contributed by atoms with Crippen LogP contribution in [-0.2, 0) is 16.0 Å². The molecule has 1 amide bonds. The van der Waals surface area contributed by atoms with Crippen LogP contribution in [0.3, 0.4) is 0 Å². The first-order valence-electron chi connectivity index (χ1n) is 7.31. The number of hydrogen-bond donors (Lipinski definition) is 2. The highest BCUT2D eigenvalue weighted by atomic mass is 16.5. The minimum absolute atomic E-state index is 0.0133. The standard InChI is InChI=1S/C16H21N3O2/c1-12-9-19(10-13(2)21-12)11-16(20)18-15-5-3-14(4-6-15)7-8-17/h3-6,12-13H,7,9-11H2,1-2H3,(H,18,20)/p+1/t12-,13-/m1/s1. The smallest absolute Gasteiger partial charge is 0.279 e. The molecule has 1 fully saturated rings. The van der Waals surface area contributed by atoms with Gasteiger partial charge in [0.2, 0.25) is 0 Å². The predicted octanol–water partition coefficient (Wildman–Crippen LogP) is 0.383. The summed E-state index contributed by atoms with van der Waals surface area (Å²) in [6.45, 7) is 6.26. The molecule has 0 radical (unpaired) electrons. The number of nitrogens with one attached hydrogen (secondary N) is 2. The summed E-state index contributed by atoms with van der Waals surface area (Å²) in [5.74, 6) is 0.0133. The van der Waals surface area contributed by atoms with Crippen LogP contribution in [0.4, 0.5) is 5.69 Å². The highest BCUT2D eigenvalue weighted by molar-refractivity contribution is 5.91. The van der Waals surface area contributed by atoms with Gasteiger partial charge in [-0.15, -0.1) is 0 Å². The Hall–Kier alpha value is -1.90. The Bertz CT molecular complexity index is 511. The van der Waals surface area contributed by atoms with Crippen LogP contribution in [0.25, 0.3) is 0 Å². The molecule has 0 saturated carbocycles. The summed E-state index contributed by atoms with van der Waals surface area (Å²) in [7, 11) is 0. The van der Waals surface area contributed by atoms with Gasteiger partial charge in [-0.05, 0) is 31.5 Å². The molecule has 21 heavy (non-hydrogen) atoms. The number of amides is 1. The Labute approximate surface area is 125 Å². The van der Waals surface area contributed by atoms with E-state index in [1.165, 1.54) is 4.90 Å². The van der Waals surface area contributed by atoms with E-state index in [9.17, 15) is 4.79 Å². The molecular weight excluding hydrogens is 266 g/mol. The molecule has 1 aliphatic heterocycles. The fraction of sp³-hybridized carbons (Fsp3) is 0.500. The number of anilines is 1. The van der Waals surface area contributed by atoms with Crippen LogP contribution >= 0.6 is 0 Å². The maximum atomic E-state index is 12.1. The summed E-state index contributed by atoms with van der Waals surface area (Å²) in [5.41, 5.74) is 1.73. The summed E-state index contributed by atoms with van der Waals surface area (Å²) in [6, 6.07) is 9.51. The first kappa shape index (κ1) is 15.5. The third-order valence-corrected chi connectivity index (χ3v) is 3.55. The van der Waals surface area contributed by atoms with E-state index in [1.807, 2.05) is 38.1 Å². The number of quaternary nitrogens is 1. The van der Waals surface area contributed by atoms with Crippen LogP contribution in [0.15, 0.2) is 24.3 Å². The van der Waals surface area contributed by atoms with E-state index in [0.717, 1.165) is 24.3 Å². The van der Waals surface area contributed by atoms with E-state index in [4.69, 9.17) is 10.00 Å². The van der Waals surface area contributed by atoms with E-state index in [-0.39, 0.29) is 18.1 Å². The molecule has 1 heterocycles. The molecule has 0 spiro atoms. The normalized spacial score (nSPS) is 25.1. The molecule has 0 aromatic heterocycles. The van der Waals surface area contributed by atoms with Gasteiger partial charge in [-0.1, -0.05) is 12.1 Å². The van der Waals surface area contributed by atoms with Gasteiger partial charge in [0.1, 0.15) is 25.3 Å². The molecule has 1 aromatic carbocycles. The molecule has 2 N–H and O–H groups in total. The van der Waals surface area contributed by atoms with Gasteiger partial charge in [-0.3, -0.25) is 4.79 Å². The second-order valence-electron chi connectivity index (χ2n) is 5.67. The Morgan fingerprint density at radius 1 is 1.33 bits per heavy atom. The molecular formula is C16H22N3O2+. The summed E-state index contributed by atoms with van der Waals surface area (Å²) in [4.78, 5) is 13.3. The minimum Gasteiger partial charge on any atom is -0.364 e. The lowest BCUT2D eigenvalue weighted by molar-refractivity contribution is -0.907. The van der Waals surface area contributed by atoms with Gasteiger partial charge in [-0.25, -0.2) is 0 Å². The van der Waals surface area contributed by atoms with E-state index in [1.54, 1.807) is 0 Å². The zero-order valence-electron chi connectivity index (χ0n) is 12.6. The zero-order chi connectivity index (χ0) is 15.2. The maximum Gasteiger partial charge on any atom is 0.279 e. The highest BCUT2D eigenvalue weighted by Gasteiger charge is 2.27. The molecule has 1 saturated heterocycles. The highest BCUT2D eigenvalue weighted by Crippen LogP contribution is 2.09. The SMILES string of the molecule is C[C@@H]1C[NH+](CC(=O)Nc2ccc(CC#N)cc2)C[C@@H](C)O1. The molecule has 0 aliphatic carbocycles. The Morgan fingerprint density at radius 2 is 1.95 bits per heavy atom. The van der Waals surface area contributed by atoms with Gasteiger partial charge < -0.3 is 15.0 Å². The van der Waals surface area contributed by atoms with Gasteiger partial charge in [-0.2, -0.15) is 5.26 Å². The number of carbonyl (C=O) groups excluding carboxylic acids is 1. The zero-order valence-corrected chi connectivity index (χ0v) is 12.6. The van der Waals surface area contributed by atoms with Crippen molar-refractivity contribution < 1.29 is 14.4 Å². The van der Waals surface area contributed by atoms with Crippen molar-refractivity contribution in [2.45, 2.75) is 32.5 Å². The molecule has 0 unspecified atom stereocenters. The van der Waals surface area contributed by atoms with Gasteiger partial charge in [0, 0.05) is 5.69 Å². The van der Waals surface area contributed by atoms with Gasteiger partial charge in [0.15, 0.2) is 6.54 Å². The fourth-order valence-corrected chi connectivity index (χ4v) is 2.76. The number of nitriles is 1. The molecule has 2 atom stereocenters. The minimum atomic E-state index is 0.0133. The van der Waals surface area contributed by atoms with E-state index in [2.05, 4.69) is 11.4 Å². The number of ether oxygens (including phenoxy) is 1. The van der Waals surface area contributed by atoms with Crippen molar-refractivity contribution >= 4 is 11.6 Å². The quantitative estimate of drug-likeness (QED) is 0.842. The number of rotatable bonds is 4. The first-order valence-corrected chi connectivity index (χ1v) is 7.31. The molecule has 2 rings (SSSR count). The van der Waals surface area contributed by atoms with Gasteiger partial charge >= 0.3 is 0 Å². The second-order valence-corrected chi connectivity index (χ2v) is 5.67. The van der Waals surface area contributed by atoms with Gasteiger partial charge in [0.25, 0.3) is 5.91 Å². The number of benzene rings is 1. The van der Waals surface area contributed by atoms with E-state index < -0.39 is 0 Å². The Kier molecular flexibility index (Phi) is 5.32. The van der Waals surface area contributed by atoms with Crippen molar-refractivity contribution in [1.82, 2.24) is 0 Å². The average Bonchev–Trinajstić information content (AvgIpc) is 2.40. The lowest BCUT2D eigenvalue weighted by Crippen LogP contribution is -3.16. The van der Waals surface area contributed by atoms with Crippen LogP contribution in [0.1, 0.15) is 19.4 Å². The lowest BCUT2D eigenvalue weighted by atomic mass is 10.1. The number of nitrogens with zero attached hydrogens (tertiary/aromatic N) is 1. The van der Waals surface area contributed by atoms with Gasteiger partial charge in [0.05, 0.1) is 12.5 Å². The number of carbonyl (C=O) groups is 1. The fourth-order valence-electron chi connectivity index (χ4n) is 2.76. The molecule has 5 nitrogen and oxygen atoms in total. The Balaban J connectivity index is 1.85. The van der Waals surface area contributed by atoms with Crippen LogP contribution in [0.2, 0.25) is 0 Å². The Morgan fingerprint density at radius 3 is 2.52 bits per heavy atom. The van der Waals surface area contributed by atoms with Crippen molar-refractivity contribution in [3.05, 3.63) is 29.8 Å². The third-order valence-electron chi connectivity index (χ3n) is 3.55. The van der Waals surface area contributed by atoms with Crippen LogP contribution in [-0.4, -0.2) is 37.7 Å². The molecule has 1 aliphatic rings. The molecule has 1 aromatic rings. The lowest BCUT2D eigenvalue weighted by Gasteiger charge is -2.31. The van der Waals surface area contributed by atoms with Crippen LogP contribution in [0.5, 0.6) is 0 Å². The summed E-state index contributed by atoms with van der Waals surface area (Å²) < 4.78 is 5.67. The van der Waals surface area contributed by atoms with Crippen molar-refractivity contribution in [2.24, 2.45) is 0 Å². The predicted molar refractivity (Wildman–Crippen MR) is 80.0 cm³/mol. The van der Waals surface area contributed by atoms with E-state index >= 15 is 0 Å². The van der Waals surface area contributed by atoms with E-state index in [0.29, 0.717) is 13.0 Å². The van der Waals surface area contributed by atoms with Crippen LogP contribution < -0.4 is 10.2 Å². The topological polar surface area (TPSA) is 66.6 Å². The van der Waals surface area contributed by atoms with Crippen molar-refractivity contribution in [2.75, 3.05) is 25.0 Å². The molecule has 5 heteroatoms. The summed E-state index contributed by atoms with van der Waals surface area (Å²) >= 11 is 0. The molecule has 112 valence electrons. The average molecular weight is 288 g/mol. The van der Waals surface area contributed by atoms with Crippen molar-refractivity contribution in [3.8, 4) is 6.07 Å². The monoisotopic (exact) mass is 288 g/mol. The number of hydrogen-bond acceptors (Lipinski definition) is 3. The van der Waals surface area contributed by atoms with Crippen molar-refractivity contribution in [1.29, 1.82) is 5.26 Å².